The Kier molecular flexibility index (Phi) is 3.14. The quantitative estimate of drug-likeness (QED) is 0.816. The van der Waals surface area contributed by atoms with Crippen LogP contribution in [0.1, 0.15) is 20.8 Å². The number of rotatable bonds is 2. The molecule has 0 bridgehead atoms. The van der Waals surface area contributed by atoms with Gasteiger partial charge in [0.2, 0.25) is 0 Å². The van der Waals surface area contributed by atoms with Crippen LogP contribution in [0.4, 0.5) is 5.69 Å². The minimum absolute atomic E-state index is 0.133. The summed E-state index contributed by atoms with van der Waals surface area (Å²) in [5.74, 6) is -0.133. The number of amides is 1. The molecule has 2 aromatic rings. The van der Waals surface area contributed by atoms with E-state index in [1.54, 1.807) is 6.07 Å². The maximum absolute atomic E-state index is 12.0. The van der Waals surface area contributed by atoms with Crippen LogP contribution in [0.3, 0.4) is 0 Å². The topological polar surface area (TPSA) is 58.6 Å². The summed E-state index contributed by atoms with van der Waals surface area (Å²) in [6.07, 6.45) is 0. The van der Waals surface area contributed by atoms with Gasteiger partial charge in [0.05, 0.1) is 11.5 Å². The van der Waals surface area contributed by atoms with Crippen LogP contribution in [0.5, 0.6) is 0 Å². The smallest absolute Gasteiger partial charge is 0.423 e. The van der Waals surface area contributed by atoms with Crippen LogP contribution in [-0.2, 0) is 11.3 Å². The average molecular weight is 273 g/mol. The molecule has 0 saturated heterocycles. The van der Waals surface area contributed by atoms with Crippen LogP contribution in [0.15, 0.2) is 29.6 Å². The number of fused-ring (bicyclic) bond motifs is 1. The molecule has 3 rings (SSSR count). The van der Waals surface area contributed by atoms with Gasteiger partial charge in [-0.15, -0.1) is 11.3 Å². The van der Waals surface area contributed by atoms with Crippen molar-refractivity contribution >= 4 is 35.5 Å². The second kappa shape index (κ2) is 4.81. The van der Waals surface area contributed by atoms with Gasteiger partial charge >= 0.3 is 7.12 Å². The number of carbonyl (C=O) groups is 1. The van der Waals surface area contributed by atoms with Gasteiger partial charge in [-0.25, -0.2) is 0 Å². The summed E-state index contributed by atoms with van der Waals surface area (Å²) in [5.41, 5.74) is 3.42. The molecule has 1 amide bonds. The zero-order valence-corrected chi connectivity index (χ0v) is 11.2. The molecular formula is C13H12BNO3S. The number of hydrogen-bond donors (Lipinski definition) is 2. The van der Waals surface area contributed by atoms with Gasteiger partial charge in [0.1, 0.15) is 0 Å². The van der Waals surface area contributed by atoms with Gasteiger partial charge in [-0.3, -0.25) is 4.79 Å². The van der Waals surface area contributed by atoms with Gasteiger partial charge in [-0.1, -0.05) is 6.07 Å². The fourth-order valence-electron chi connectivity index (χ4n) is 2.04. The molecule has 0 aliphatic carbocycles. The molecule has 0 atom stereocenters. The lowest BCUT2D eigenvalue weighted by molar-refractivity contribution is 0.103. The normalized spacial score (nSPS) is 13.5. The van der Waals surface area contributed by atoms with Crippen molar-refractivity contribution in [2.24, 2.45) is 0 Å². The number of anilines is 1. The molecular weight excluding hydrogens is 261 g/mol. The Bertz CT molecular complexity index is 641. The van der Waals surface area contributed by atoms with Crippen LogP contribution >= 0.6 is 11.3 Å². The minimum Gasteiger partial charge on any atom is -0.423 e. The van der Waals surface area contributed by atoms with E-state index in [2.05, 4.69) is 5.32 Å². The number of benzene rings is 1. The van der Waals surface area contributed by atoms with E-state index < -0.39 is 7.12 Å². The molecule has 6 heteroatoms. The fourth-order valence-corrected chi connectivity index (χ4v) is 2.83. The Labute approximate surface area is 115 Å². The first-order valence-corrected chi connectivity index (χ1v) is 6.80. The van der Waals surface area contributed by atoms with Crippen molar-refractivity contribution < 1.29 is 14.5 Å². The van der Waals surface area contributed by atoms with E-state index in [4.69, 9.17) is 4.65 Å². The molecule has 4 nitrogen and oxygen atoms in total. The van der Waals surface area contributed by atoms with Gasteiger partial charge in [-0.05, 0) is 47.1 Å². The fraction of sp³-hybridized carbons (Fsp3) is 0.154. The molecule has 1 aromatic carbocycles. The summed E-state index contributed by atoms with van der Waals surface area (Å²) in [5, 5.41) is 14.4. The molecule has 0 radical (unpaired) electrons. The van der Waals surface area contributed by atoms with Crippen LogP contribution < -0.4 is 10.8 Å². The van der Waals surface area contributed by atoms with Crippen LogP contribution in [-0.4, -0.2) is 18.0 Å². The van der Waals surface area contributed by atoms with Gasteiger partial charge in [0.25, 0.3) is 5.91 Å². The van der Waals surface area contributed by atoms with E-state index in [1.165, 1.54) is 11.3 Å². The first-order chi connectivity index (χ1) is 9.13. The standard InChI is InChI=1S/C13H12BNO3S/c1-8-4-12(19-7-8)13(16)15-10-3-2-9-6-18-14(17)11(9)5-10/h2-5,7,17H,6H2,1H3,(H,15,16). The van der Waals surface area contributed by atoms with E-state index in [1.807, 2.05) is 30.5 Å². The summed E-state index contributed by atoms with van der Waals surface area (Å²) in [6, 6.07) is 7.29. The van der Waals surface area contributed by atoms with Crippen molar-refractivity contribution in [1.29, 1.82) is 0 Å². The molecule has 96 valence electrons. The molecule has 19 heavy (non-hydrogen) atoms. The van der Waals surface area contributed by atoms with E-state index in [0.717, 1.165) is 16.6 Å². The molecule has 0 unspecified atom stereocenters. The van der Waals surface area contributed by atoms with Crippen molar-refractivity contribution in [3.8, 4) is 0 Å². The Hall–Kier alpha value is -1.63. The Morgan fingerprint density at radius 2 is 2.32 bits per heavy atom. The third-order valence-electron chi connectivity index (χ3n) is 3.02. The second-order valence-electron chi connectivity index (χ2n) is 4.52. The summed E-state index contributed by atoms with van der Waals surface area (Å²) in [6.45, 7) is 2.37. The zero-order chi connectivity index (χ0) is 13.4. The number of carbonyl (C=O) groups excluding carboxylic acids is 1. The Balaban J connectivity index is 1.81. The highest BCUT2D eigenvalue weighted by molar-refractivity contribution is 7.12. The van der Waals surface area contributed by atoms with Crippen molar-refractivity contribution in [3.05, 3.63) is 45.6 Å². The maximum Gasteiger partial charge on any atom is 0.491 e. The van der Waals surface area contributed by atoms with E-state index in [-0.39, 0.29) is 5.91 Å². The van der Waals surface area contributed by atoms with Gasteiger partial charge in [0, 0.05) is 5.69 Å². The van der Waals surface area contributed by atoms with Crippen LogP contribution in [0.25, 0.3) is 0 Å². The number of nitrogens with one attached hydrogen (secondary N) is 1. The number of aryl methyl sites for hydroxylation is 1. The molecule has 2 heterocycles. The number of thiophene rings is 1. The van der Waals surface area contributed by atoms with Crippen LogP contribution in [0.2, 0.25) is 0 Å². The SMILES string of the molecule is Cc1csc(C(=O)Nc2ccc3c(c2)B(O)OC3)c1. The molecule has 0 spiro atoms. The van der Waals surface area contributed by atoms with Gasteiger partial charge < -0.3 is 15.0 Å². The lowest BCUT2D eigenvalue weighted by Crippen LogP contribution is -2.28. The summed E-state index contributed by atoms with van der Waals surface area (Å²) >= 11 is 1.42. The highest BCUT2D eigenvalue weighted by Crippen LogP contribution is 2.18. The predicted molar refractivity (Wildman–Crippen MR) is 75.8 cm³/mol. The van der Waals surface area contributed by atoms with Gasteiger partial charge in [0.15, 0.2) is 0 Å². The van der Waals surface area contributed by atoms with Crippen molar-refractivity contribution in [1.82, 2.24) is 0 Å². The maximum atomic E-state index is 12.0. The van der Waals surface area contributed by atoms with E-state index in [9.17, 15) is 9.82 Å². The third-order valence-corrected chi connectivity index (χ3v) is 4.07. The predicted octanol–water partition coefficient (Wildman–Crippen LogP) is 1.53. The highest BCUT2D eigenvalue weighted by Gasteiger charge is 2.27. The summed E-state index contributed by atoms with van der Waals surface area (Å²) in [4.78, 5) is 12.7. The molecule has 0 saturated carbocycles. The highest BCUT2D eigenvalue weighted by atomic mass is 32.1. The largest absolute Gasteiger partial charge is 0.491 e. The molecule has 1 aliphatic heterocycles. The number of hydrogen-bond acceptors (Lipinski definition) is 4. The minimum atomic E-state index is -0.893. The molecule has 1 aliphatic rings. The van der Waals surface area contributed by atoms with Crippen LogP contribution in [0, 0.1) is 6.92 Å². The summed E-state index contributed by atoms with van der Waals surface area (Å²) in [7, 11) is -0.893. The van der Waals surface area contributed by atoms with Gasteiger partial charge in [-0.2, -0.15) is 0 Å². The third kappa shape index (κ3) is 2.42. The van der Waals surface area contributed by atoms with Crippen molar-refractivity contribution in [2.75, 3.05) is 5.32 Å². The van der Waals surface area contributed by atoms with Crippen molar-refractivity contribution in [2.45, 2.75) is 13.5 Å². The lowest BCUT2D eigenvalue weighted by Gasteiger charge is -2.06. The Morgan fingerprint density at radius 3 is 3.05 bits per heavy atom. The van der Waals surface area contributed by atoms with E-state index in [0.29, 0.717) is 17.2 Å². The molecule has 2 N–H and O–H groups in total. The second-order valence-corrected chi connectivity index (χ2v) is 5.43. The average Bonchev–Trinajstić information content (AvgIpc) is 2.97. The van der Waals surface area contributed by atoms with E-state index >= 15 is 0 Å². The monoisotopic (exact) mass is 273 g/mol. The first kappa shape index (κ1) is 12.4. The van der Waals surface area contributed by atoms with Crippen molar-refractivity contribution in [3.63, 3.8) is 0 Å². The Morgan fingerprint density at radius 1 is 1.47 bits per heavy atom. The molecule has 1 aromatic heterocycles. The first-order valence-electron chi connectivity index (χ1n) is 5.92. The molecule has 0 fully saturated rings. The lowest BCUT2D eigenvalue weighted by atomic mass is 9.79. The summed E-state index contributed by atoms with van der Waals surface area (Å²) < 4.78 is 5.12. The zero-order valence-electron chi connectivity index (χ0n) is 10.3.